The summed E-state index contributed by atoms with van der Waals surface area (Å²) < 4.78 is 18.8. The SMILES string of the molecule is O=C(Cc1cccc2ccccc12)N/N=C\c1ccc(-c2ccc(F)cc2[N+](=O)[O-])o1. The van der Waals surface area contributed by atoms with Crippen molar-refractivity contribution in [1.29, 1.82) is 0 Å². The zero-order valence-electron chi connectivity index (χ0n) is 16.1. The number of hydrogen-bond donors (Lipinski definition) is 1. The first-order valence-corrected chi connectivity index (χ1v) is 9.34. The van der Waals surface area contributed by atoms with Crippen molar-refractivity contribution in [1.82, 2.24) is 5.43 Å². The molecular formula is C23H16FN3O4. The second-order valence-corrected chi connectivity index (χ2v) is 6.73. The Bertz CT molecular complexity index is 1310. The third-order valence-electron chi connectivity index (χ3n) is 4.66. The standard InChI is InChI=1S/C23H16FN3O4/c24-17-8-10-20(21(13-17)27(29)30)22-11-9-18(31-22)14-25-26-23(28)12-16-6-3-5-15-4-1-2-7-19(15)16/h1-11,13-14H,12H2,(H,26,28)/b25-14-. The lowest BCUT2D eigenvalue weighted by atomic mass is 10.0. The summed E-state index contributed by atoms with van der Waals surface area (Å²) in [5.74, 6) is -0.541. The number of halogens is 1. The Morgan fingerprint density at radius 3 is 2.74 bits per heavy atom. The van der Waals surface area contributed by atoms with Crippen LogP contribution in [0.5, 0.6) is 0 Å². The average molecular weight is 417 g/mol. The predicted octanol–water partition coefficient (Wildman–Crippen LogP) is 4.84. The molecule has 4 aromatic rings. The van der Waals surface area contributed by atoms with Crippen LogP contribution in [-0.2, 0) is 11.2 Å². The van der Waals surface area contributed by atoms with Gasteiger partial charge in [-0.25, -0.2) is 9.82 Å². The average Bonchev–Trinajstić information content (AvgIpc) is 3.22. The van der Waals surface area contributed by atoms with Gasteiger partial charge < -0.3 is 4.42 Å². The Hall–Kier alpha value is -4.33. The molecule has 0 saturated carbocycles. The van der Waals surface area contributed by atoms with Crippen LogP contribution in [0.15, 0.2) is 82.3 Å². The molecule has 154 valence electrons. The molecule has 0 fully saturated rings. The van der Waals surface area contributed by atoms with Gasteiger partial charge in [0.1, 0.15) is 17.3 Å². The molecule has 7 nitrogen and oxygen atoms in total. The Balaban J connectivity index is 1.44. The fourth-order valence-electron chi connectivity index (χ4n) is 3.26. The first-order valence-electron chi connectivity index (χ1n) is 9.34. The number of rotatable bonds is 6. The molecule has 0 atom stereocenters. The van der Waals surface area contributed by atoms with Crippen LogP contribution in [0.25, 0.3) is 22.1 Å². The lowest BCUT2D eigenvalue weighted by molar-refractivity contribution is -0.384. The summed E-state index contributed by atoms with van der Waals surface area (Å²) in [6.45, 7) is 0. The maximum Gasteiger partial charge on any atom is 0.283 e. The van der Waals surface area contributed by atoms with E-state index in [9.17, 15) is 19.3 Å². The number of carbonyl (C=O) groups is 1. The summed E-state index contributed by atoms with van der Waals surface area (Å²) in [6, 6.07) is 19.8. The minimum atomic E-state index is -0.710. The van der Waals surface area contributed by atoms with Crippen LogP contribution in [0.2, 0.25) is 0 Å². The second kappa shape index (κ2) is 8.58. The predicted molar refractivity (Wildman–Crippen MR) is 114 cm³/mol. The van der Waals surface area contributed by atoms with Crippen molar-refractivity contribution < 1.29 is 18.5 Å². The smallest absolute Gasteiger partial charge is 0.283 e. The van der Waals surface area contributed by atoms with E-state index in [1.165, 1.54) is 18.3 Å². The molecule has 0 aliphatic carbocycles. The van der Waals surface area contributed by atoms with Crippen molar-refractivity contribution in [2.45, 2.75) is 6.42 Å². The van der Waals surface area contributed by atoms with Crippen LogP contribution in [0, 0.1) is 15.9 Å². The number of nitro groups is 1. The summed E-state index contributed by atoms with van der Waals surface area (Å²) in [7, 11) is 0. The van der Waals surface area contributed by atoms with Crippen LogP contribution < -0.4 is 5.43 Å². The summed E-state index contributed by atoms with van der Waals surface area (Å²) in [5.41, 5.74) is 3.07. The molecule has 0 aliphatic heterocycles. The lowest BCUT2D eigenvalue weighted by Crippen LogP contribution is -2.19. The highest BCUT2D eigenvalue weighted by Crippen LogP contribution is 2.31. The maximum atomic E-state index is 13.3. The van der Waals surface area contributed by atoms with Gasteiger partial charge in [-0.2, -0.15) is 5.10 Å². The highest BCUT2D eigenvalue weighted by Gasteiger charge is 2.19. The minimum Gasteiger partial charge on any atom is -0.455 e. The molecule has 1 amide bonds. The van der Waals surface area contributed by atoms with E-state index in [-0.39, 0.29) is 29.4 Å². The molecule has 0 bridgehead atoms. The molecule has 0 aliphatic rings. The molecule has 1 aromatic heterocycles. The van der Waals surface area contributed by atoms with Gasteiger partial charge in [0.15, 0.2) is 0 Å². The lowest BCUT2D eigenvalue weighted by Gasteiger charge is -2.05. The number of nitro benzene ring substituents is 1. The van der Waals surface area contributed by atoms with Crippen molar-refractivity contribution in [3.63, 3.8) is 0 Å². The number of benzene rings is 3. The van der Waals surface area contributed by atoms with E-state index >= 15 is 0 Å². The van der Waals surface area contributed by atoms with Gasteiger partial charge in [0, 0.05) is 0 Å². The summed E-state index contributed by atoms with van der Waals surface area (Å²) in [4.78, 5) is 22.7. The number of furan rings is 1. The fraction of sp³-hybridized carbons (Fsp3) is 0.0435. The van der Waals surface area contributed by atoms with Gasteiger partial charge in [0.2, 0.25) is 5.91 Å². The van der Waals surface area contributed by atoms with E-state index in [2.05, 4.69) is 10.5 Å². The summed E-state index contributed by atoms with van der Waals surface area (Å²) in [5, 5.41) is 17.1. The third-order valence-corrected chi connectivity index (χ3v) is 4.66. The Kier molecular flexibility index (Phi) is 5.53. The van der Waals surface area contributed by atoms with Crippen LogP contribution >= 0.6 is 0 Å². The van der Waals surface area contributed by atoms with Crippen molar-refractivity contribution >= 4 is 28.6 Å². The molecule has 8 heteroatoms. The number of amides is 1. The van der Waals surface area contributed by atoms with Gasteiger partial charge in [0.25, 0.3) is 5.69 Å². The molecule has 0 radical (unpaired) electrons. The van der Waals surface area contributed by atoms with Gasteiger partial charge in [0.05, 0.1) is 29.2 Å². The third kappa shape index (κ3) is 4.48. The van der Waals surface area contributed by atoms with E-state index in [1.807, 2.05) is 42.5 Å². The molecule has 4 rings (SSSR count). The Morgan fingerprint density at radius 1 is 1.10 bits per heavy atom. The van der Waals surface area contributed by atoms with Crippen molar-refractivity contribution in [2.75, 3.05) is 0 Å². The van der Waals surface area contributed by atoms with E-state index in [1.54, 1.807) is 6.07 Å². The van der Waals surface area contributed by atoms with Crippen molar-refractivity contribution in [3.05, 3.63) is 100 Å². The summed E-state index contributed by atoms with van der Waals surface area (Å²) in [6.07, 6.45) is 1.45. The van der Waals surface area contributed by atoms with Crippen LogP contribution in [0.3, 0.4) is 0 Å². The Labute approximate surface area is 176 Å². The molecule has 0 spiro atoms. The van der Waals surface area contributed by atoms with Crippen LogP contribution in [0.4, 0.5) is 10.1 Å². The van der Waals surface area contributed by atoms with E-state index in [4.69, 9.17) is 4.42 Å². The number of hydrogen-bond acceptors (Lipinski definition) is 5. The maximum absolute atomic E-state index is 13.3. The number of hydrazone groups is 1. The highest BCUT2D eigenvalue weighted by atomic mass is 19.1. The Morgan fingerprint density at radius 2 is 1.90 bits per heavy atom. The number of nitrogens with zero attached hydrogens (tertiary/aromatic N) is 2. The zero-order valence-corrected chi connectivity index (χ0v) is 16.1. The van der Waals surface area contributed by atoms with Gasteiger partial charge in [-0.15, -0.1) is 0 Å². The second-order valence-electron chi connectivity index (χ2n) is 6.73. The molecule has 31 heavy (non-hydrogen) atoms. The fourth-order valence-corrected chi connectivity index (χ4v) is 3.26. The van der Waals surface area contributed by atoms with Crippen molar-refractivity contribution in [3.8, 4) is 11.3 Å². The zero-order chi connectivity index (χ0) is 21.8. The quantitative estimate of drug-likeness (QED) is 0.276. The van der Waals surface area contributed by atoms with E-state index < -0.39 is 16.4 Å². The normalized spacial score (nSPS) is 11.1. The van der Waals surface area contributed by atoms with Crippen LogP contribution in [0.1, 0.15) is 11.3 Å². The molecule has 1 heterocycles. The number of carbonyl (C=O) groups excluding carboxylic acids is 1. The molecule has 1 N–H and O–H groups in total. The van der Waals surface area contributed by atoms with E-state index in [0.717, 1.165) is 28.5 Å². The molecule has 0 saturated heterocycles. The van der Waals surface area contributed by atoms with Gasteiger partial charge in [-0.3, -0.25) is 14.9 Å². The molecular weight excluding hydrogens is 401 g/mol. The minimum absolute atomic E-state index is 0.144. The monoisotopic (exact) mass is 417 g/mol. The van der Waals surface area contributed by atoms with Gasteiger partial charge in [-0.05, 0) is 40.6 Å². The number of fused-ring (bicyclic) bond motifs is 1. The first kappa shape index (κ1) is 20.0. The largest absolute Gasteiger partial charge is 0.455 e. The highest BCUT2D eigenvalue weighted by molar-refractivity contribution is 5.90. The van der Waals surface area contributed by atoms with Crippen LogP contribution in [-0.4, -0.2) is 17.0 Å². The first-order chi connectivity index (χ1) is 15.0. The number of nitrogens with one attached hydrogen (secondary N) is 1. The van der Waals surface area contributed by atoms with Gasteiger partial charge in [-0.1, -0.05) is 42.5 Å². The van der Waals surface area contributed by atoms with Crippen molar-refractivity contribution in [2.24, 2.45) is 5.10 Å². The topological polar surface area (TPSA) is 97.7 Å². The molecule has 3 aromatic carbocycles. The molecule has 0 unspecified atom stereocenters. The van der Waals surface area contributed by atoms with E-state index in [0.29, 0.717) is 0 Å². The van der Waals surface area contributed by atoms with Gasteiger partial charge >= 0.3 is 0 Å². The summed E-state index contributed by atoms with van der Waals surface area (Å²) >= 11 is 0.